The van der Waals surface area contributed by atoms with E-state index in [0.717, 1.165) is 0 Å². The summed E-state index contributed by atoms with van der Waals surface area (Å²) < 4.78 is 26.1. The maximum Gasteiger partial charge on any atom is 0.264 e. The van der Waals surface area contributed by atoms with Gasteiger partial charge in [0, 0.05) is 12.6 Å². The Balaban J connectivity index is 2.36. The Hall–Kier alpha value is -1.92. The van der Waals surface area contributed by atoms with Crippen LogP contribution in [0, 0.1) is 0 Å². The molecule has 0 atom stereocenters. The molecule has 0 aliphatic heterocycles. The van der Waals surface area contributed by atoms with Crippen LogP contribution in [0.25, 0.3) is 0 Å². The fourth-order valence-electron chi connectivity index (χ4n) is 1.72. The Morgan fingerprint density at radius 1 is 1.05 bits per heavy atom. The van der Waals surface area contributed by atoms with E-state index in [9.17, 15) is 8.42 Å². The minimum absolute atomic E-state index is 0.251. The van der Waals surface area contributed by atoms with Gasteiger partial charge in [-0.05, 0) is 36.4 Å². The third-order valence-corrected chi connectivity index (χ3v) is 4.95. The Labute approximate surface area is 123 Å². The fraction of sp³-hybridized carbons (Fsp3) is 0.0714. The molecular formula is C14H14N2O2S2. The molecule has 0 fully saturated rings. The van der Waals surface area contributed by atoms with E-state index in [1.807, 2.05) is 0 Å². The first-order chi connectivity index (χ1) is 9.43. The molecule has 0 radical (unpaired) electrons. The second kappa shape index (κ2) is 5.60. The van der Waals surface area contributed by atoms with Crippen LogP contribution in [0.3, 0.4) is 0 Å². The summed E-state index contributed by atoms with van der Waals surface area (Å²) in [5.74, 6) is 0. The molecule has 0 unspecified atom stereocenters. The van der Waals surface area contributed by atoms with Gasteiger partial charge in [-0.25, -0.2) is 8.42 Å². The smallest absolute Gasteiger partial charge is 0.264 e. The molecule has 0 saturated heterocycles. The summed E-state index contributed by atoms with van der Waals surface area (Å²) in [4.78, 5) is 0.533. The fourth-order valence-corrected chi connectivity index (χ4v) is 3.08. The van der Waals surface area contributed by atoms with Crippen molar-refractivity contribution in [3.05, 3.63) is 60.2 Å². The van der Waals surface area contributed by atoms with Crippen molar-refractivity contribution in [1.29, 1.82) is 0 Å². The van der Waals surface area contributed by atoms with Crippen LogP contribution in [0.5, 0.6) is 0 Å². The van der Waals surface area contributed by atoms with Crippen LogP contribution in [-0.4, -0.2) is 20.5 Å². The van der Waals surface area contributed by atoms with E-state index < -0.39 is 10.0 Å². The molecule has 0 amide bonds. The molecule has 0 saturated carbocycles. The quantitative estimate of drug-likeness (QED) is 0.879. The van der Waals surface area contributed by atoms with Gasteiger partial charge in [0.2, 0.25) is 0 Å². The van der Waals surface area contributed by atoms with Crippen molar-refractivity contribution in [3.63, 3.8) is 0 Å². The molecule has 20 heavy (non-hydrogen) atoms. The first-order valence-electron chi connectivity index (χ1n) is 5.87. The van der Waals surface area contributed by atoms with Gasteiger partial charge in [0.15, 0.2) is 0 Å². The molecule has 0 aliphatic carbocycles. The lowest BCUT2D eigenvalue weighted by Gasteiger charge is -2.19. The zero-order chi connectivity index (χ0) is 14.8. The second-order valence-electron chi connectivity index (χ2n) is 4.20. The minimum Gasteiger partial charge on any atom is -0.389 e. The predicted molar refractivity (Wildman–Crippen MR) is 84.4 cm³/mol. The Morgan fingerprint density at radius 3 is 2.10 bits per heavy atom. The van der Waals surface area contributed by atoms with Gasteiger partial charge in [-0.15, -0.1) is 0 Å². The van der Waals surface area contributed by atoms with E-state index in [4.69, 9.17) is 18.0 Å². The van der Waals surface area contributed by atoms with Crippen molar-refractivity contribution in [2.24, 2.45) is 5.73 Å². The second-order valence-corrected chi connectivity index (χ2v) is 6.61. The van der Waals surface area contributed by atoms with Gasteiger partial charge >= 0.3 is 0 Å². The average molecular weight is 306 g/mol. The summed E-state index contributed by atoms with van der Waals surface area (Å²) in [5.41, 5.74) is 6.77. The van der Waals surface area contributed by atoms with Crippen LogP contribution >= 0.6 is 12.2 Å². The van der Waals surface area contributed by atoms with E-state index in [-0.39, 0.29) is 9.88 Å². The molecule has 0 heterocycles. The summed E-state index contributed by atoms with van der Waals surface area (Å²) in [6.45, 7) is 0. The third-order valence-electron chi connectivity index (χ3n) is 2.92. The average Bonchev–Trinajstić information content (AvgIpc) is 2.47. The van der Waals surface area contributed by atoms with Crippen molar-refractivity contribution in [3.8, 4) is 0 Å². The number of nitrogens with zero attached hydrogens (tertiary/aromatic N) is 1. The number of thiocarbonyl (C=S) groups is 1. The summed E-state index contributed by atoms with van der Waals surface area (Å²) in [5, 5.41) is 0. The molecule has 2 N–H and O–H groups in total. The lowest BCUT2D eigenvalue weighted by atomic mass is 10.2. The van der Waals surface area contributed by atoms with Crippen molar-refractivity contribution in [1.82, 2.24) is 0 Å². The van der Waals surface area contributed by atoms with Crippen molar-refractivity contribution >= 4 is 32.9 Å². The summed E-state index contributed by atoms with van der Waals surface area (Å²) in [6.07, 6.45) is 0. The molecule has 104 valence electrons. The molecule has 4 nitrogen and oxygen atoms in total. The maximum absolute atomic E-state index is 12.4. The van der Waals surface area contributed by atoms with Crippen LogP contribution in [0.2, 0.25) is 0 Å². The van der Waals surface area contributed by atoms with Crippen LogP contribution in [0.1, 0.15) is 5.56 Å². The monoisotopic (exact) mass is 306 g/mol. The first-order valence-corrected chi connectivity index (χ1v) is 7.71. The number of anilines is 1. The van der Waals surface area contributed by atoms with E-state index in [1.165, 1.54) is 11.4 Å². The number of benzene rings is 2. The molecule has 2 aromatic carbocycles. The highest BCUT2D eigenvalue weighted by Gasteiger charge is 2.20. The van der Waals surface area contributed by atoms with Gasteiger partial charge < -0.3 is 5.73 Å². The summed E-state index contributed by atoms with van der Waals surface area (Å²) in [7, 11) is -2.04. The standard InChI is InChI=1S/C14H14N2O2S2/c1-16(12-9-7-11(8-10-12)14(15)19)20(17,18)13-5-3-2-4-6-13/h2-10H,1H3,(H2,15,19). The zero-order valence-electron chi connectivity index (χ0n) is 10.9. The van der Waals surface area contributed by atoms with Crippen molar-refractivity contribution in [2.75, 3.05) is 11.4 Å². The van der Waals surface area contributed by atoms with Gasteiger partial charge in [0.1, 0.15) is 4.99 Å². The summed E-state index contributed by atoms with van der Waals surface area (Å²) >= 11 is 4.87. The van der Waals surface area contributed by atoms with Crippen LogP contribution in [0.4, 0.5) is 5.69 Å². The van der Waals surface area contributed by atoms with Gasteiger partial charge in [-0.2, -0.15) is 0 Å². The highest BCUT2D eigenvalue weighted by atomic mass is 32.2. The molecule has 0 aliphatic rings. The van der Waals surface area contributed by atoms with E-state index in [2.05, 4.69) is 0 Å². The van der Waals surface area contributed by atoms with Gasteiger partial charge in [-0.3, -0.25) is 4.31 Å². The SMILES string of the molecule is CN(c1ccc(C(N)=S)cc1)S(=O)(=O)c1ccccc1. The Bertz CT molecular complexity index is 711. The van der Waals surface area contributed by atoms with Gasteiger partial charge in [0.25, 0.3) is 10.0 Å². The van der Waals surface area contributed by atoms with E-state index >= 15 is 0 Å². The van der Waals surface area contributed by atoms with Crippen LogP contribution in [-0.2, 0) is 10.0 Å². The Morgan fingerprint density at radius 2 is 1.60 bits per heavy atom. The Kier molecular flexibility index (Phi) is 4.06. The largest absolute Gasteiger partial charge is 0.389 e. The zero-order valence-corrected chi connectivity index (χ0v) is 12.5. The van der Waals surface area contributed by atoms with Gasteiger partial charge in [-0.1, -0.05) is 30.4 Å². The van der Waals surface area contributed by atoms with Crippen LogP contribution < -0.4 is 10.0 Å². The van der Waals surface area contributed by atoms with E-state index in [0.29, 0.717) is 11.3 Å². The van der Waals surface area contributed by atoms with E-state index in [1.54, 1.807) is 54.6 Å². The highest BCUT2D eigenvalue weighted by Crippen LogP contribution is 2.22. The molecular weight excluding hydrogens is 292 g/mol. The maximum atomic E-state index is 12.4. The molecule has 0 bridgehead atoms. The van der Waals surface area contributed by atoms with Crippen LogP contribution in [0.15, 0.2) is 59.5 Å². The number of sulfonamides is 1. The summed E-state index contributed by atoms with van der Waals surface area (Å²) in [6, 6.07) is 15.0. The topological polar surface area (TPSA) is 63.4 Å². The third kappa shape index (κ3) is 2.81. The molecule has 2 aromatic rings. The van der Waals surface area contributed by atoms with Crippen molar-refractivity contribution < 1.29 is 8.42 Å². The lowest BCUT2D eigenvalue weighted by molar-refractivity contribution is 0.594. The van der Waals surface area contributed by atoms with Gasteiger partial charge in [0.05, 0.1) is 10.6 Å². The predicted octanol–water partition coefficient (Wildman–Crippen LogP) is 2.15. The molecule has 0 aromatic heterocycles. The molecule has 2 rings (SSSR count). The number of rotatable bonds is 4. The normalized spacial score (nSPS) is 11.1. The molecule has 6 heteroatoms. The minimum atomic E-state index is -3.56. The number of hydrogen-bond acceptors (Lipinski definition) is 3. The first kappa shape index (κ1) is 14.5. The van der Waals surface area contributed by atoms with Crippen molar-refractivity contribution in [2.45, 2.75) is 4.90 Å². The number of nitrogens with two attached hydrogens (primary N) is 1. The highest BCUT2D eigenvalue weighted by molar-refractivity contribution is 7.92. The molecule has 0 spiro atoms. The lowest BCUT2D eigenvalue weighted by Crippen LogP contribution is -2.26. The number of hydrogen-bond donors (Lipinski definition) is 1.